The summed E-state index contributed by atoms with van der Waals surface area (Å²) < 4.78 is 0. The zero-order valence-corrected chi connectivity index (χ0v) is 13.2. The summed E-state index contributed by atoms with van der Waals surface area (Å²) in [5.74, 6) is 3.51. The fourth-order valence-electron chi connectivity index (χ4n) is 4.53. The number of hydrogen-bond acceptors (Lipinski definition) is 1. The van der Waals surface area contributed by atoms with E-state index in [0.717, 1.165) is 24.3 Å². The molecule has 0 heterocycles. The first-order valence-electron chi connectivity index (χ1n) is 8.52. The second-order valence-electron chi connectivity index (χ2n) is 7.20. The SMILES string of the molecule is CCNC(c1ccc(C(C)C)cc1)C1CC2CCC1C2. The van der Waals surface area contributed by atoms with Crippen molar-refractivity contribution in [3.8, 4) is 0 Å². The smallest absolute Gasteiger partial charge is 0.0351 e. The highest BCUT2D eigenvalue weighted by Gasteiger charge is 2.43. The van der Waals surface area contributed by atoms with Gasteiger partial charge in [-0.1, -0.05) is 51.5 Å². The van der Waals surface area contributed by atoms with Gasteiger partial charge in [-0.2, -0.15) is 0 Å². The average Bonchev–Trinajstić information content (AvgIpc) is 3.07. The molecule has 110 valence electrons. The van der Waals surface area contributed by atoms with Crippen LogP contribution in [0.15, 0.2) is 24.3 Å². The van der Waals surface area contributed by atoms with E-state index in [9.17, 15) is 0 Å². The van der Waals surface area contributed by atoms with Crippen LogP contribution in [0, 0.1) is 17.8 Å². The fourth-order valence-corrected chi connectivity index (χ4v) is 4.53. The highest BCUT2D eigenvalue weighted by molar-refractivity contribution is 5.28. The molecule has 1 heteroatoms. The molecule has 0 aromatic heterocycles. The number of nitrogens with one attached hydrogen (secondary N) is 1. The molecule has 3 rings (SSSR count). The van der Waals surface area contributed by atoms with Crippen molar-refractivity contribution in [3.63, 3.8) is 0 Å². The molecule has 1 nitrogen and oxygen atoms in total. The maximum Gasteiger partial charge on any atom is 0.0351 e. The highest BCUT2D eigenvalue weighted by atomic mass is 14.9. The van der Waals surface area contributed by atoms with E-state index in [-0.39, 0.29) is 0 Å². The van der Waals surface area contributed by atoms with Crippen LogP contribution in [0.5, 0.6) is 0 Å². The van der Waals surface area contributed by atoms with Gasteiger partial charge < -0.3 is 5.32 Å². The average molecular weight is 271 g/mol. The van der Waals surface area contributed by atoms with Gasteiger partial charge in [0.2, 0.25) is 0 Å². The summed E-state index contributed by atoms with van der Waals surface area (Å²) in [6, 6.07) is 9.98. The Morgan fingerprint density at radius 1 is 1.05 bits per heavy atom. The molecule has 2 aliphatic rings. The first-order chi connectivity index (χ1) is 9.69. The fraction of sp³-hybridized carbons (Fsp3) is 0.684. The lowest BCUT2D eigenvalue weighted by Gasteiger charge is -2.31. The number of rotatable bonds is 5. The molecule has 1 aromatic rings. The molecule has 0 radical (unpaired) electrons. The number of hydrogen-bond donors (Lipinski definition) is 1. The van der Waals surface area contributed by atoms with E-state index in [1.807, 2.05) is 0 Å². The van der Waals surface area contributed by atoms with Crippen LogP contribution in [0.2, 0.25) is 0 Å². The lowest BCUT2D eigenvalue weighted by Crippen LogP contribution is -2.31. The van der Waals surface area contributed by atoms with Crippen molar-refractivity contribution >= 4 is 0 Å². The number of fused-ring (bicyclic) bond motifs is 2. The van der Waals surface area contributed by atoms with Gasteiger partial charge in [-0.3, -0.25) is 0 Å². The summed E-state index contributed by atoms with van der Waals surface area (Å²) in [6.45, 7) is 7.85. The minimum Gasteiger partial charge on any atom is -0.310 e. The summed E-state index contributed by atoms with van der Waals surface area (Å²) >= 11 is 0. The third-order valence-corrected chi connectivity index (χ3v) is 5.61. The van der Waals surface area contributed by atoms with Crippen molar-refractivity contribution in [2.24, 2.45) is 17.8 Å². The van der Waals surface area contributed by atoms with E-state index in [4.69, 9.17) is 0 Å². The first-order valence-corrected chi connectivity index (χ1v) is 8.52. The molecule has 1 N–H and O–H groups in total. The third-order valence-electron chi connectivity index (χ3n) is 5.61. The molecule has 2 aliphatic carbocycles. The Morgan fingerprint density at radius 2 is 1.75 bits per heavy atom. The lowest BCUT2D eigenvalue weighted by molar-refractivity contribution is 0.253. The van der Waals surface area contributed by atoms with Crippen LogP contribution in [0.4, 0.5) is 0 Å². The van der Waals surface area contributed by atoms with Gasteiger partial charge in [-0.15, -0.1) is 0 Å². The standard InChI is InChI=1S/C19H29N/c1-4-20-19(18-12-14-5-6-17(18)11-14)16-9-7-15(8-10-16)13(2)3/h7-10,13-14,17-20H,4-6,11-12H2,1-3H3. The van der Waals surface area contributed by atoms with Crippen LogP contribution in [-0.2, 0) is 0 Å². The van der Waals surface area contributed by atoms with Crippen LogP contribution in [0.25, 0.3) is 0 Å². The zero-order valence-electron chi connectivity index (χ0n) is 13.2. The normalized spacial score (nSPS) is 30.1. The molecular weight excluding hydrogens is 242 g/mol. The van der Waals surface area contributed by atoms with Crippen molar-refractivity contribution in [1.29, 1.82) is 0 Å². The molecule has 1 aromatic carbocycles. The zero-order chi connectivity index (χ0) is 14.1. The maximum absolute atomic E-state index is 3.77. The molecule has 4 unspecified atom stereocenters. The Bertz CT molecular complexity index is 434. The molecular formula is C19H29N. The molecule has 0 amide bonds. The van der Waals surface area contributed by atoms with Gasteiger partial charge >= 0.3 is 0 Å². The quantitative estimate of drug-likeness (QED) is 0.803. The largest absolute Gasteiger partial charge is 0.310 e. The Kier molecular flexibility index (Phi) is 4.16. The highest BCUT2D eigenvalue weighted by Crippen LogP contribution is 2.52. The first kappa shape index (κ1) is 14.1. The van der Waals surface area contributed by atoms with Crippen LogP contribution >= 0.6 is 0 Å². The second kappa shape index (κ2) is 5.89. The minimum absolute atomic E-state index is 0.580. The molecule has 0 spiro atoms. The molecule has 0 aliphatic heterocycles. The van der Waals surface area contributed by atoms with E-state index in [2.05, 4.69) is 50.4 Å². The lowest BCUT2D eigenvalue weighted by atomic mass is 9.80. The summed E-state index contributed by atoms with van der Waals surface area (Å²) in [4.78, 5) is 0. The van der Waals surface area contributed by atoms with Gasteiger partial charge in [0.05, 0.1) is 0 Å². The molecule has 2 saturated carbocycles. The predicted molar refractivity (Wildman–Crippen MR) is 85.9 cm³/mol. The van der Waals surface area contributed by atoms with Gasteiger partial charge in [0, 0.05) is 6.04 Å². The Hall–Kier alpha value is -0.820. The topological polar surface area (TPSA) is 12.0 Å². The van der Waals surface area contributed by atoms with Crippen molar-refractivity contribution < 1.29 is 0 Å². The predicted octanol–water partition coefficient (Wildman–Crippen LogP) is 4.90. The van der Waals surface area contributed by atoms with Gasteiger partial charge in [0.1, 0.15) is 0 Å². The maximum atomic E-state index is 3.77. The van der Waals surface area contributed by atoms with Gasteiger partial charge in [0.25, 0.3) is 0 Å². The van der Waals surface area contributed by atoms with E-state index in [1.165, 1.54) is 36.8 Å². The van der Waals surface area contributed by atoms with E-state index in [1.54, 1.807) is 0 Å². The van der Waals surface area contributed by atoms with Crippen molar-refractivity contribution in [3.05, 3.63) is 35.4 Å². The van der Waals surface area contributed by atoms with Crippen molar-refractivity contribution in [2.75, 3.05) is 6.54 Å². The molecule has 20 heavy (non-hydrogen) atoms. The number of benzene rings is 1. The molecule has 2 fully saturated rings. The van der Waals surface area contributed by atoms with Crippen LogP contribution < -0.4 is 5.32 Å². The summed E-state index contributed by atoms with van der Waals surface area (Å²) in [7, 11) is 0. The van der Waals surface area contributed by atoms with Crippen LogP contribution in [0.1, 0.15) is 69.5 Å². The second-order valence-corrected chi connectivity index (χ2v) is 7.20. The minimum atomic E-state index is 0.580. The van der Waals surface area contributed by atoms with E-state index in [0.29, 0.717) is 12.0 Å². The molecule has 4 atom stereocenters. The summed E-state index contributed by atoms with van der Waals surface area (Å²) in [5.41, 5.74) is 2.96. The molecule has 2 bridgehead atoms. The van der Waals surface area contributed by atoms with E-state index >= 15 is 0 Å². The van der Waals surface area contributed by atoms with Crippen molar-refractivity contribution in [2.45, 2.75) is 58.4 Å². The van der Waals surface area contributed by atoms with Gasteiger partial charge in [-0.25, -0.2) is 0 Å². The Balaban J connectivity index is 1.79. The summed E-state index contributed by atoms with van der Waals surface area (Å²) in [6.07, 6.45) is 5.92. The third kappa shape index (κ3) is 2.65. The summed E-state index contributed by atoms with van der Waals surface area (Å²) in [5, 5.41) is 3.77. The van der Waals surface area contributed by atoms with Gasteiger partial charge in [-0.05, 0) is 60.6 Å². The molecule has 0 saturated heterocycles. The van der Waals surface area contributed by atoms with E-state index < -0.39 is 0 Å². The van der Waals surface area contributed by atoms with Crippen molar-refractivity contribution in [1.82, 2.24) is 5.32 Å². The Labute approximate surface area is 124 Å². The van der Waals surface area contributed by atoms with Crippen LogP contribution in [0.3, 0.4) is 0 Å². The van der Waals surface area contributed by atoms with Gasteiger partial charge in [0.15, 0.2) is 0 Å². The Morgan fingerprint density at radius 3 is 2.25 bits per heavy atom. The van der Waals surface area contributed by atoms with Crippen LogP contribution in [-0.4, -0.2) is 6.54 Å². The monoisotopic (exact) mass is 271 g/mol.